The van der Waals surface area contributed by atoms with Gasteiger partial charge in [0, 0.05) is 5.56 Å². The van der Waals surface area contributed by atoms with Gasteiger partial charge in [-0.3, -0.25) is 0 Å². The first-order chi connectivity index (χ1) is 11.5. The monoisotopic (exact) mass is 330 g/mol. The molecule has 2 N–H and O–H groups in total. The number of carboxylic acids is 1. The van der Waals surface area contributed by atoms with Gasteiger partial charge in [-0.25, -0.2) is 4.79 Å². The lowest BCUT2D eigenvalue weighted by Crippen LogP contribution is -2.02. The van der Waals surface area contributed by atoms with Gasteiger partial charge in [-0.2, -0.15) is 0 Å². The zero-order valence-electron chi connectivity index (χ0n) is 13.6. The Morgan fingerprint density at radius 2 is 1.62 bits per heavy atom. The number of aliphatic carboxylic acids is 1. The molecule has 2 rings (SSSR count). The van der Waals surface area contributed by atoms with Gasteiger partial charge in [0.2, 0.25) is 0 Å². The summed E-state index contributed by atoms with van der Waals surface area (Å²) in [7, 11) is 4.40. The lowest BCUT2D eigenvalue weighted by Gasteiger charge is -2.11. The van der Waals surface area contributed by atoms with Crippen LogP contribution in [-0.4, -0.2) is 37.5 Å². The van der Waals surface area contributed by atoms with Crippen LogP contribution in [-0.2, 0) is 4.79 Å². The Labute approximate surface area is 139 Å². The van der Waals surface area contributed by atoms with Crippen molar-refractivity contribution in [3.8, 4) is 23.0 Å². The van der Waals surface area contributed by atoms with Gasteiger partial charge in [-0.15, -0.1) is 0 Å². The number of carbonyl (C=O) groups is 1. The molecule has 0 aliphatic rings. The van der Waals surface area contributed by atoms with E-state index in [0.29, 0.717) is 28.4 Å². The lowest BCUT2D eigenvalue weighted by molar-refractivity contribution is -0.130. The molecule has 0 amide bonds. The summed E-state index contributed by atoms with van der Waals surface area (Å²) in [6.07, 6.45) is 1.44. The van der Waals surface area contributed by atoms with E-state index in [-0.39, 0.29) is 11.3 Å². The average molecular weight is 330 g/mol. The van der Waals surface area contributed by atoms with Crippen molar-refractivity contribution in [2.24, 2.45) is 0 Å². The van der Waals surface area contributed by atoms with Crippen molar-refractivity contribution in [3.63, 3.8) is 0 Å². The third-order valence-electron chi connectivity index (χ3n) is 3.44. The second kappa shape index (κ2) is 7.41. The minimum Gasteiger partial charge on any atom is -0.504 e. The van der Waals surface area contributed by atoms with Crippen LogP contribution < -0.4 is 14.2 Å². The highest BCUT2D eigenvalue weighted by atomic mass is 16.5. The molecule has 6 nitrogen and oxygen atoms in total. The number of benzene rings is 2. The molecule has 0 saturated carbocycles. The van der Waals surface area contributed by atoms with Crippen LogP contribution in [0.2, 0.25) is 0 Å². The van der Waals surface area contributed by atoms with Crippen LogP contribution >= 0.6 is 0 Å². The zero-order valence-corrected chi connectivity index (χ0v) is 13.6. The fourth-order valence-corrected chi connectivity index (χ4v) is 2.24. The normalized spacial score (nSPS) is 11.0. The Kier molecular flexibility index (Phi) is 5.31. The maximum absolute atomic E-state index is 11.7. The van der Waals surface area contributed by atoms with Gasteiger partial charge in [-0.1, -0.05) is 6.07 Å². The minimum atomic E-state index is -1.13. The maximum atomic E-state index is 11.7. The summed E-state index contributed by atoms with van der Waals surface area (Å²) in [6.45, 7) is 0. The molecule has 0 fully saturated rings. The Morgan fingerprint density at radius 3 is 2.17 bits per heavy atom. The highest BCUT2D eigenvalue weighted by Gasteiger charge is 2.17. The van der Waals surface area contributed by atoms with Crippen molar-refractivity contribution in [2.75, 3.05) is 21.3 Å². The van der Waals surface area contributed by atoms with Crippen molar-refractivity contribution in [2.45, 2.75) is 0 Å². The quantitative estimate of drug-likeness (QED) is 0.625. The number of aromatic hydroxyl groups is 1. The van der Waals surface area contributed by atoms with Gasteiger partial charge in [0.05, 0.1) is 26.9 Å². The molecule has 0 bridgehead atoms. The number of hydrogen-bond acceptors (Lipinski definition) is 5. The standard InChI is InChI=1S/C18H18O6/c1-22-12-5-7-16(23-2)13(10-12)14(18(20)21)8-11-4-6-17(24-3)15(19)9-11/h4-10,19H,1-3H3,(H,20,21)/b14-8-. The van der Waals surface area contributed by atoms with Crippen LogP contribution in [0.1, 0.15) is 11.1 Å². The molecule has 0 aliphatic heterocycles. The fourth-order valence-electron chi connectivity index (χ4n) is 2.24. The van der Waals surface area contributed by atoms with Gasteiger partial charge >= 0.3 is 5.97 Å². The van der Waals surface area contributed by atoms with Crippen molar-refractivity contribution in [1.82, 2.24) is 0 Å². The van der Waals surface area contributed by atoms with Gasteiger partial charge in [-0.05, 0) is 42.0 Å². The molecule has 24 heavy (non-hydrogen) atoms. The Morgan fingerprint density at radius 1 is 0.958 bits per heavy atom. The highest BCUT2D eigenvalue weighted by Crippen LogP contribution is 2.33. The third-order valence-corrected chi connectivity index (χ3v) is 3.44. The van der Waals surface area contributed by atoms with E-state index in [9.17, 15) is 15.0 Å². The Balaban J connectivity index is 2.58. The molecule has 0 saturated heterocycles. The Bertz CT molecular complexity index is 779. The van der Waals surface area contributed by atoms with E-state index < -0.39 is 5.97 Å². The molecular weight excluding hydrogens is 312 g/mol. The van der Waals surface area contributed by atoms with Crippen LogP contribution in [0, 0.1) is 0 Å². The SMILES string of the molecule is COc1ccc(OC)c(/C(=C/c2ccc(OC)c(O)c2)C(=O)O)c1. The summed E-state index contributed by atoms with van der Waals surface area (Å²) in [5.74, 6) is 0.0196. The van der Waals surface area contributed by atoms with Crippen LogP contribution in [0.5, 0.6) is 23.0 Å². The lowest BCUT2D eigenvalue weighted by atomic mass is 10.0. The molecular formula is C18H18O6. The van der Waals surface area contributed by atoms with Crippen LogP contribution in [0.4, 0.5) is 0 Å². The molecule has 0 atom stereocenters. The zero-order chi connectivity index (χ0) is 17.7. The number of hydrogen-bond donors (Lipinski definition) is 2. The number of rotatable bonds is 6. The second-order valence-electron chi connectivity index (χ2n) is 4.86. The van der Waals surface area contributed by atoms with Crippen molar-refractivity contribution >= 4 is 17.6 Å². The smallest absolute Gasteiger partial charge is 0.336 e. The third kappa shape index (κ3) is 3.60. The molecule has 0 aromatic heterocycles. The number of ether oxygens (including phenoxy) is 3. The number of methoxy groups -OCH3 is 3. The molecule has 0 aliphatic carbocycles. The minimum absolute atomic E-state index is 0.00955. The van der Waals surface area contributed by atoms with E-state index in [1.54, 1.807) is 30.3 Å². The predicted octanol–water partition coefficient (Wildman–Crippen LogP) is 3.04. The molecule has 2 aromatic rings. The summed E-state index contributed by atoms with van der Waals surface area (Å²) in [5, 5.41) is 19.4. The molecule has 0 unspecified atom stereocenters. The molecule has 0 radical (unpaired) electrons. The molecule has 0 spiro atoms. The second-order valence-corrected chi connectivity index (χ2v) is 4.86. The highest BCUT2D eigenvalue weighted by molar-refractivity contribution is 6.21. The van der Waals surface area contributed by atoms with Crippen molar-refractivity contribution < 1.29 is 29.2 Å². The van der Waals surface area contributed by atoms with Crippen LogP contribution in [0.15, 0.2) is 36.4 Å². The van der Waals surface area contributed by atoms with E-state index in [0.717, 1.165) is 0 Å². The first kappa shape index (κ1) is 17.2. The first-order valence-corrected chi connectivity index (χ1v) is 7.04. The summed E-state index contributed by atoms with van der Waals surface area (Å²) >= 11 is 0. The molecule has 6 heteroatoms. The van der Waals surface area contributed by atoms with Crippen molar-refractivity contribution in [1.29, 1.82) is 0 Å². The molecule has 2 aromatic carbocycles. The topological polar surface area (TPSA) is 85.2 Å². The van der Waals surface area contributed by atoms with Gasteiger partial charge < -0.3 is 24.4 Å². The van der Waals surface area contributed by atoms with E-state index in [1.165, 1.54) is 33.5 Å². The van der Waals surface area contributed by atoms with E-state index >= 15 is 0 Å². The van der Waals surface area contributed by atoms with Crippen molar-refractivity contribution in [3.05, 3.63) is 47.5 Å². The largest absolute Gasteiger partial charge is 0.504 e. The summed E-state index contributed by atoms with van der Waals surface area (Å²) in [4.78, 5) is 11.7. The fraction of sp³-hybridized carbons (Fsp3) is 0.167. The number of phenolic OH excluding ortho intramolecular Hbond substituents is 1. The predicted molar refractivity (Wildman–Crippen MR) is 89.7 cm³/mol. The summed E-state index contributed by atoms with van der Waals surface area (Å²) in [5.41, 5.74) is 0.894. The number of carboxylic acid groups (broad SMARTS) is 1. The van der Waals surface area contributed by atoms with Gasteiger partial charge in [0.25, 0.3) is 0 Å². The molecule has 0 heterocycles. The summed E-state index contributed by atoms with van der Waals surface area (Å²) < 4.78 is 15.4. The average Bonchev–Trinajstić information content (AvgIpc) is 2.59. The van der Waals surface area contributed by atoms with E-state index in [4.69, 9.17) is 14.2 Å². The van der Waals surface area contributed by atoms with Crippen LogP contribution in [0.25, 0.3) is 11.6 Å². The molecule has 126 valence electrons. The van der Waals surface area contributed by atoms with Gasteiger partial charge in [0.1, 0.15) is 11.5 Å². The van der Waals surface area contributed by atoms with Crippen LogP contribution in [0.3, 0.4) is 0 Å². The maximum Gasteiger partial charge on any atom is 0.336 e. The first-order valence-electron chi connectivity index (χ1n) is 7.04. The van der Waals surface area contributed by atoms with E-state index in [1.807, 2.05) is 0 Å². The summed E-state index contributed by atoms with van der Waals surface area (Å²) in [6, 6.07) is 9.53. The Hall–Kier alpha value is -3.15. The number of phenols is 1. The van der Waals surface area contributed by atoms with Gasteiger partial charge in [0.15, 0.2) is 11.5 Å². The van der Waals surface area contributed by atoms with E-state index in [2.05, 4.69) is 0 Å².